The number of hydrogen-bond acceptors (Lipinski definition) is 3. The molecule has 0 atom stereocenters. The van der Waals surface area contributed by atoms with Crippen LogP contribution in [-0.2, 0) is 0 Å². The van der Waals surface area contributed by atoms with Gasteiger partial charge in [-0.2, -0.15) is 0 Å². The number of nitrogens with two attached hydrogens (primary N) is 2. The molecule has 0 saturated carbocycles. The van der Waals surface area contributed by atoms with Crippen molar-refractivity contribution in [3.8, 4) is 11.5 Å². The van der Waals surface area contributed by atoms with Crippen molar-refractivity contribution < 1.29 is 4.74 Å². The van der Waals surface area contributed by atoms with Gasteiger partial charge in [0.25, 0.3) is 0 Å². The van der Waals surface area contributed by atoms with Crippen LogP contribution >= 0.6 is 0 Å². The minimum atomic E-state index is 0.115. The zero-order chi connectivity index (χ0) is 16.4. The van der Waals surface area contributed by atoms with Crippen molar-refractivity contribution in [2.45, 2.75) is 12.8 Å². The molecule has 0 fully saturated rings. The molecule has 0 radical (unpaired) electrons. The lowest BCUT2D eigenvalue weighted by atomic mass is 9.82. The lowest BCUT2D eigenvalue weighted by Gasteiger charge is -2.29. The third-order valence-corrected chi connectivity index (χ3v) is 3.98. The fourth-order valence-electron chi connectivity index (χ4n) is 2.91. The first kappa shape index (κ1) is 15.0. The topological polar surface area (TPSA) is 61.3 Å². The van der Waals surface area contributed by atoms with Crippen molar-refractivity contribution in [3.05, 3.63) is 84.0 Å². The molecule has 4 N–H and O–H groups in total. The van der Waals surface area contributed by atoms with Gasteiger partial charge in [0, 0.05) is 40.6 Å². The van der Waals surface area contributed by atoms with Gasteiger partial charge in [-0.1, -0.05) is 48.6 Å². The molecule has 0 spiro atoms. The van der Waals surface area contributed by atoms with Crippen LogP contribution in [0, 0.1) is 0 Å². The van der Waals surface area contributed by atoms with Crippen LogP contribution in [0.15, 0.2) is 72.9 Å². The van der Waals surface area contributed by atoms with Crippen LogP contribution in [-0.4, -0.2) is 0 Å². The van der Waals surface area contributed by atoms with Crippen LogP contribution in [0.3, 0.4) is 0 Å². The lowest BCUT2D eigenvalue weighted by Crippen LogP contribution is -2.12. The van der Waals surface area contributed by atoms with Crippen molar-refractivity contribution in [3.63, 3.8) is 0 Å². The second-order valence-electron chi connectivity index (χ2n) is 5.66. The predicted molar refractivity (Wildman–Crippen MR) is 96.7 cm³/mol. The maximum atomic E-state index is 6.02. The number of benzene rings is 2. The molecular formula is C20H20N2O. The summed E-state index contributed by atoms with van der Waals surface area (Å²) in [4.78, 5) is 0. The van der Waals surface area contributed by atoms with E-state index in [1.165, 1.54) is 5.57 Å². The average molecular weight is 304 g/mol. The Balaban J connectivity index is 2.16. The molecule has 1 heterocycles. The minimum Gasteiger partial charge on any atom is -0.457 e. The van der Waals surface area contributed by atoms with Crippen LogP contribution in [0.5, 0.6) is 11.5 Å². The smallest absolute Gasteiger partial charge is 0.133 e. The van der Waals surface area contributed by atoms with E-state index in [2.05, 4.69) is 19.6 Å². The van der Waals surface area contributed by atoms with Crippen LogP contribution in [0.4, 0.5) is 11.4 Å². The van der Waals surface area contributed by atoms with E-state index in [1.807, 2.05) is 48.6 Å². The first-order valence-corrected chi connectivity index (χ1v) is 7.52. The Morgan fingerprint density at radius 2 is 1.57 bits per heavy atom. The normalized spacial score (nSPS) is 14.2. The Bertz CT molecular complexity index is 767. The minimum absolute atomic E-state index is 0.115. The van der Waals surface area contributed by atoms with E-state index >= 15 is 0 Å². The summed E-state index contributed by atoms with van der Waals surface area (Å²) >= 11 is 0. The monoisotopic (exact) mass is 304 g/mol. The zero-order valence-corrected chi connectivity index (χ0v) is 13.1. The fraction of sp³-hybridized carbons (Fsp3) is 0.100. The summed E-state index contributed by atoms with van der Waals surface area (Å²) in [5, 5.41) is 0. The molecule has 3 rings (SSSR count). The number of rotatable bonds is 3. The molecule has 0 unspecified atom stereocenters. The van der Waals surface area contributed by atoms with Crippen LogP contribution in [0.2, 0.25) is 0 Å². The molecule has 0 bridgehead atoms. The quantitative estimate of drug-likeness (QED) is 0.634. The zero-order valence-electron chi connectivity index (χ0n) is 13.1. The summed E-state index contributed by atoms with van der Waals surface area (Å²) in [5.41, 5.74) is 16.6. The highest BCUT2D eigenvalue weighted by Gasteiger charge is 2.28. The van der Waals surface area contributed by atoms with E-state index in [1.54, 1.807) is 6.08 Å². The molecule has 1 aliphatic rings. The number of allylic oxidation sites excluding steroid dienone is 5. The molecule has 0 saturated heterocycles. The molecule has 116 valence electrons. The van der Waals surface area contributed by atoms with Crippen molar-refractivity contribution in [1.82, 2.24) is 0 Å². The molecule has 1 aliphatic heterocycles. The number of nitrogen functional groups attached to an aromatic ring is 2. The van der Waals surface area contributed by atoms with Crippen molar-refractivity contribution in [2.75, 3.05) is 11.5 Å². The average Bonchev–Trinajstić information content (AvgIpc) is 2.52. The molecule has 2 aromatic rings. The summed E-state index contributed by atoms with van der Waals surface area (Å²) in [6.45, 7) is 5.81. The van der Waals surface area contributed by atoms with E-state index in [9.17, 15) is 0 Å². The Morgan fingerprint density at radius 3 is 2.09 bits per heavy atom. The van der Waals surface area contributed by atoms with Crippen LogP contribution < -0.4 is 16.2 Å². The van der Waals surface area contributed by atoms with Gasteiger partial charge in [-0.15, -0.1) is 0 Å². The molecule has 0 amide bonds. The number of fused-ring (bicyclic) bond motifs is 2. The molecule has 3 heteroatoms. The first-order chi connectivity index (χ1) is 11.1. The van der Waals surface area contributed by atoms with E-state index in [0.29, 0.717) is 11.4 Å². The molecule has 2 aromatic carbocycles. The fourth-order valence-corrected chi connectivity index (χ4v) is 2.91. The Labute approximate surface area is 136 Å². The summed E-state index contributed by atoms with van der Waals surface area (Å²) in [5.74, 6) is 1.69. The second-order valence-corrected chi connectivity index (χ2v) is 5.66. The second kappa shape index (κ2) is 6.05. The van der Waals surface area contributed by atoms with Gasteiger partial charge in [0.1, 0.15) is 11.5 Å². The summed E-state index contributed by atoms with van der Waals surface area (Å²) in [7, 11) is 0. The van der Waals surface area contributed by atoms with E-state index in [-0.39, 0.29) is 5.92 Å². The Hall–Kier alpha value is -2.94. The van der Waals surface area contributed by atoms with Gasteiger partial charge in [-0.05, 0) is 19.1 Å². The maximum absolute atomic E-state index is 6.02. The standard InChI is InChI=1S/C20H20N2O/c1-3-4-5-6-13(2)20-16-9-7-14(21)11-18(16)23-19-12-15(22)8-10-17(19)20/h3-12,20H,1,21-22H2,2H3/b5-4-,13-6+. The van der Waals surface area contributed by atoms with Crippen molar-refractivity contribution in [1.29, 1.82) is 0 Å². The largest absolute Gasteiger partial charge is 0.457 e. The summed E-state index contributed by atoms with van der Waals surface area (Å²) in [6, 6.07) is 11.6. The van der Waals surface area contributed by atoms with Gasteiger partial charge in [-0.3, -0.25) is 0 Å². The SMILES string of the molecule is C=C/C=C\C=C(/C)C1c2ccc(N)cc2Oc2cc(N)ccc21. The Kier molecular flexibility index (Phi) is 3.94. The molecule has 3 nitrogen and oxygen atoms in total. The summed E-state index contributed by atoms with van der Waals surface area (Å²) < 4.78 is 6.02. The maximum Gasteiger partial charge on any atom is 0.133 e. The van der Waals surface area contributed by atoms with E-state index in [0.717, 1.165) is 22.6 Å². The van der Waals surface area contributed by atoms with Crippen LogP contribution in [0.25, 0.3) is 0 Å². The highest BCUT2D eigenvalue weighted by Crippen LogP contribution is 2.48. The van der Waals surface area contributed by atoms with Gasteiger partial charge in [0.2, 0.25) is 0 Å². The third-order valence-electron chi connectivity index (χ3n) is 3.98. The van der Waals surface area contributed by atoms with E-state index < -0.39 is 0 Å². The summed E-state index contributed by atoms with van der Waals surface area (Å²) in [6.07, 6.45) is 7.76. The number of ether oxygens (including phenoxy) is 1. The van der Waals surface area contributed by atoms with Crippen molar-refractivity contribution >= 4 is 11.4 Å². The highest BCUT2D eigenvalue weighted by atomic mass is 16.5. The molecule has 23 heavy (non-hydrogen) atoms. The molecular weight excluding hydrogens is 284 g/mol. The molecule has 0 aromatic heterocycles. The lowest BCUT2D eigenvalue weighted by molar-refractivity contribution is 0.452. The van der Waals surface area contributed by atoms with Gasteiger partial charge in [0.05, 0.1) is 0 Å². The third kappa shape index (κ3) is 2.86. The molecule has 0 aliphatic carbocycles. The van der Waals surface area contributed by atoms with Crippen LogP contribution in [0.1, 0.15) is 24.0 Å². The number of hydrogen-bond donors (Lipinski definition) is 2. The Morgan fingerprint density at radius 1 is 1.00 bits per heavy atom. The van der Waals surface area contributed by atoms with E-state index in [4.69, 9.17) is 16.2 Å². The first-order valence-electron chi connectivity index (χ1n) is 7.52. The van der Waals surface area contributed by atoms with Gasteiger partial charge in [-0.25, -0.2) is 0 Å². The van der Waals surface area contributed by atoms with Gasteiger partial charge < -0.3 is 16.2 Å². The van der Waals surface area contributed by atoms with Gasteiger partial charge >= 0.3 is 0 Å². The van der Waals surface area contributed by atoms with Gasteiger partial charge in [0.15, 0.2) is 0 Å². The highest BCUT2D eigenvalue weighted by molar-refractivity contribution is 5.63. The predicted octanol–water partition coefficient (Wildman–Crippen LogP) is 4.78. The van der Waals surface area contributed by atoms with Crippen molar-refractivity contribution in [2.24, 2.45) is 0 Å². The number of anilines is 2.